The first-order valence-electron chi connectivity index (χ1n) is 11.4. The van der Waals surface area contributed by atoms with E-state index in [-0.39, 0.29) is 11.2 Å². The normalized spacial score (nSPS) is 17.4. The van der Waals surface area contributed by atoms with Crippen LogP contribution in [-0.4, -0.2) is 57.0 Å². The molecule has 0 radical (unpaired) electrons. The van der Waals surface area contributed by atoms with E-state index in [1.54, 1.807) is 0 Å². The van der Waals surface area contributed by atoms with Crippen LogP contribution in [0.5, 0.6) is 0 Å². The van der Waals surface area contributed by atoms with Crippen molar-refractivity contribution in [2.45, 2.75) is 42.6 Å². The standard InChI is InChI=1S/C25H29N5OS/c1-19(24(31)29-16-14-28(15-17-29)22-10-6-3-7-11-22)32-25-27-26-23(21-12-13-21)30(25)18-20-8-4-2-5-9-20/h2-11,19,21H,12-18H2,1H3. The van der Waals surface area contributed by atoms with Crippen molar-refractivity contribution in [3.8, 4) is 0 Å². The number of thioether (sulfide) groups is 1. The van der Waals surface area contributed by atoms with Gasteiger partial charge < -0.3 is 14.4 Å². The van der Waals surface area contributed by atoms with Gasteiger partial charge in [0.15, 0.2) is 5.16 Å². The van der Waals surface area contributed by atoms with Crippen molar-refractivity contribution in [1.82, 2.24) is 19.7 Å². The smallest absolute Gasteiger partial charge is 0.236 e. The van der Waals surface area contributed by atoms with E-state index in [2.05, 4.69) is 68.2 Å². The molecular weight excluding hydrogens is 418 g/mol. The van der Waals surface area contributed by atoms with Crippen molar-refractivity contribution in [3.63, 3.8) is 0 Å². The Labute approximate surface area is 193 Å². The lowest BCUT2D eigenvalue weighted by Crippen LogP contribution is -2.50. The molecule has 1 aliphatic heterocycles. The van der Waals surface area contributed by atoms with Gasteiger partial charge in [0.05, 0.1) is 11.8 Å². The van der Waals surface area contributed by atoms with E-state index in [0.717, 1.165) is 43.7 Å². The fraction of sp³-hybridized carbons (Fsp3) is 0.400. The maximum atomic E-state index is 13.2. The van der Waals surface area contributed by atoms with E-state index in [0.29, 0.717) is 5.92 Å². The van der Waals surface area contributed by atoms with Crippen LogP contribution in [0.1, 0.15) is 37.1 Å². The highest BCUT2D eigenvalue weighted by Crippen LogP contribution is 2.40. The van der Waals surface area contributed by atoms with Crippen molar-refractivity contribution < 1.29 is 4.79 Å². The Hall–Kier alpha value is -2.80. The number of rotatable bonds is 7. The zero-order valence-electron chi connectivity index (χ0n) is 18.4. The molecule has 2 heterocycles. The Bertz CT molecular complexity index is 1040. The minimum atomic E-state index is -0.191. The monoisotopic (exact) mass is 447 g/mol. The second-order valence-corrected chi connectivity index (χ2v) is 9.90. The molecule has 2 fully saturated rings. The van der Waals surface area contributed by atoms with Gasteiger partial charge in [-0.15, -0.1) is 10.2 Å². The van der Waals surface area contributed by atoms with E-state index >= 15 is 0 Å². The van der Waals surface area contributed by atoms with E-state index < -0.39 is 0 Å². The predicted octanol–water partition coefficient (Wildman–Crippen LogP) is 4.03. The van der Waals surface area contributed by atoms with Crippen LogP contribution in [0.15, 0.2) is 65.8 Å². The quantitative estimate of drug-likeness (QED) is 0.512. The number of anilines is 1. The Morgan fingerprint density at radius 1 is 0.969 bits per heavy atom. The maximum absolute atomic E-state index is 13.2. The van der Waals surface area contributed by atoms with Crippen LogP contribution in [0.2, 0.25) is 0 Å². The van der Waals surface area contributed by atoms with E-state index in [9.17, 15) is 4.79 Å². The van der Waals surface area contributed by atoms with Crippen LogP contribution in [-0.2, 0) is 11.3 Å². The van der Waals surface area contributed by atoms with Crippen molar-refractivity contribution >= 4 is 23.4 Å². The number of carbonyl (C=O) groups is 1. The summed E-state index contributed by atoms with van der Waals surface area (Å²) in [7, 11) is 0. The van der Waals surface area contributed by atoms with Crippen molar-refractivity contribution in [1.29, 1.82) is 0 Å². The molecule has 166 valence electrons. The van der Waals surface area contributed by atoms with E-state index in [1.807, 2.05) is 24.0 Å². The Morgan fingerprint density at radius 3 is 2.28 bits per heavy atom. The summed E-state index contributed by atoms with van der Waals surface area (Å²) >= 11 is 1.54. The molecule has 1 amide bonds. The lowest BCUT2D eigenvalue weighted by atomic mass is 10.2. The molecule has 1 atom stereocenters. The molecule has 2 aliphatic rings. The van der Waals surface area contributed by atoms with Gasteiger partial charge in [-0.3, -0.25) is 4.79 Å². The van der Waals surface area contributed by atoms with Gasteiger partial charge in [-0.1, -0.05) is 60.3 Å². The van der Waals surface area contributed by atoms with Gasteiger partial charge in [0.1, 0.15) is 5.82 Å². The fourth-order valence-corrected chi connectivity index (χ4v) is 5.17. The minimum Gasteiger partial charge on any atom is -0.368 e. The summed E-state index contributed by atoms with van der Waals surface area (Å²) in [5.74, 6) is 1.76. The third kappa shape index (κ3) is 4.67. The molecule has 32 heavy (non-hydrogen) atoms. The second kappa shape index (κ2) is 9.36. The number of hydrogen-bond donors (Lipinski definition) is 0. The summed E-state index contributed by atoms with van der Waals surface area (Å²) in [6, 6.07) is 20.8. The number of amides is 1. The molecule has 0 N–H and O–H groups in total. The molecule has 7 heteroatoms. The summed E-state index contributed by atoms with van der Waals surface area (Å²) in [6.45, 7) is 5.98. The highest BCUT2D eigenvalue weighted by Gasteiger charge is 2.32. The lowest BCUT2D eigenvalue weighted by molar-refractivity contribution is -0.130. The molecule has 3 aromatic rings. The van der Waals surface area contributed by atoms with Gasteiger partial charge in [-0.05, 0) is 37.5 Å². The third-order valence-corrected chi connectivity index (χ3v) is 7.28. The fourth-order valence-electron chi connectivity index (χ4n) is 4.23. The zero-order chi connectivity index (χ0) is 21.9. The Balaban J connectivity index is 1.24. The van der Waals surface area contributed by atoms with Gasteiger partial charge >= 0.3 is 0 Å². The Kier molecular flexibility index (Phi) is 6.17. The first-order chi connectivity index (χ1) is 15.7. The number of aromatic nitrogens is 3. The molecule has 5 rings (SSSR count). The first-order valence-corrected chi connectivity index (χ1v) is 12.3. The van der Waals surface area contributed by atoms with E-state index in [1.165, 1.54) is 35.9 Å². The van der Waals surface area contributed by atoms with Crippen molar-refractivity contribution in [2.75, 3.05) is 31.1 Å². The van der Waals surface area contributed by atoms with Gasteiger partial charge in [0.2, 0.25) is 5.91 Å². The molecule has 1 saturated heterocycles. The summed E-state index contributed by atoms with van der Waals surface area (Å²) in [5, 5.41) is 9.65. The molecule has 0 bridgehead atoms. The summed E-state index contributed by atoms with van der Waals surface area (Å²) in [4.78, 5) is 17.5. The van der Waals surface area contributed by atoms with Crippen LogP contribution in [0, 0.1) is 0 Å². The molecule has 2 aromatic carbocycles. The average molecular weight is 448 g/mol. The van der Waals surface area contributed by atoms with Crippen LogP contribution in [0.3, 0.4) is 0 Å². The molecule has 1 saturated carbocycles. The van der Waals surface area contributed by atoms with Crippen LogP contribution >= 0.6 is 11.8 Å². The van der Waals surface area contributed by atoms with E-state index in [4.69, 9.17) is 0 Å². The molecule has 1 aliphatic carbocycles. The number of piperazine rings is 1. The molecule has 0 spiro atoms. The number of benzene rings is 2. The minimum absolute atomic E-state index is 0.185. The SMILES string of the molecule is CC(Sc1nnc(C2CC2)n1Cc1ccccc1)C(=O)N1CCN(c2ccccc2)CC1. The van der Waals surface area contributed by atoms with Gasteiger partial charge in [0, 0.05) is 37.8 Å². The van der Waals surface area contributed by atoms with Crippen LogP contribution in [0.4, 0.5) is 5.69 Å². The second-order valence-electron chi connectivity index (χ2n) is 8.59. The summed E-state index contributed by atoms with van der Waals surface area (Å²) < 4.78 is 2.22. The van der Waals surface area contributed by atoms with Gasteiger partial charge in [-0.25, -0.2) is 0 Å². The summed E-state index contributed by atoms with van der Waals surface area (Å²) in [6.07, 6.45) is 2.36. The van der Waals surface area contributed by atoms with Crippen molar-refractivity contribution in [2.24, 2.45) is 0 Å². The number of carbonyl (C=O) groups excluding carboxylic acids is 1. The number of hydrogen-bond acceptors (Lipinski definition) is 5. The van der Waals surface area contributed by atoms with Crippen LogP contribution < -0.4 is 4.90 Å². The third-order valence-electron chi connectivity index (χ3n) is 6.21. The molecule has 1 unspecified atom stereocenters. The van der Waals surface area contributed by atoms with Gasteiger partial charge in [0.25, 0.3) is 0 Å². The number of nitrogens with zero attached hydrogens (tertiary/aromatic N) is 5. The van der Waals surface area contributed by atoms with Crippen molar-refractivity contribution in [3.05, 3.63) is 72.1 Å². The first kappa shape index (κ1) is 21.1. The molecule has 1 aromatic heterocycles. The highest BCUT2D eigenvalue weighted by atomic mass is 32.2. The lowest BCUT2D eigenvalue weighted by Gasteiger charge is -2.37. The topological polar surface area (TPSA) is 54.3 Å². The van der Waals surface area contributed by atoms with Gasteiger partial charge in [-0.2, -0.15) is 0 Å². The zero-order valence-corrected chi connectivity index (χ0v) is 19.2. The predicted molar refractivity (Wildman–Crippen MR) is 128 cm³/mol. The van der Waals surface area contributed by atoms with Crippen LogP contribution in [0.25, 0.3) is 0 Å². The summed E-state index contributed by atoms with van der Waals surface area (Å²) in [5.41, 5.74) is 2.45. The Morgan fingerprint density at radius 2 is 1.62 bits per heavy atom. The maximum Gasteiger partial charge on any atom is 0.236 e. The number of para-hydroxylation sites is 1. The average Bonchev–Trinajstić information content (AvgIpc) is 3.62. The molecule has 6 nitrogen and oxygen atoms in total. The molecular formula is C25H29N5OS. The highest BCUT2D eigenvalue weighted by molar-refractivity contribution is 8.00. The largest absolute Gasteiger partial charge is 0.368 e.